The molecular formula is C24H31IN6O. The van der Waals surface area contributed by atoms with E-state index >= 15 is 0 Å². The Morgan fingerprint density at radius 3 is 2.50 bits per heavy atom. The maximum atomic E-state index is 12.2. The Bertz CT molecular complexity index is 1030. The summed E-state index contributed by atoms with van der Waals surface area (Å²) in [4.78, 5) is 20.2. The summed E-state index contributed by atoms with van der Waals surface area (Å²) in [7, 11) is 7.31. The number of aliphatic imine (C=N–C) groups is 1. The van der Waals surface area contributed by atoms with Crippen molar-refractivity contribution in [3.05, 3.63) is 83.7 Å². The fourth-order valence-electron chi connectivity index (χ4n) is 3.33. The van der Waals surface area contributed by atoms with Gasteiger partial charge in [0.1, 0.15) is 0 Å². The third-order valence-corrected chi connectivity index (χ3v) is 4.93. The molecule has 1 aromatic heterocycles. The van der Waals surface area contributed by atoms with E-state index in [9.17, 15) is 4.79 Å². The summed E-state index contributed by atoms with van der Waals surface area (Å²) in [6.45, 7) is 1.42. The number of amides is 1. The molecule has 0 spiro atoms. The van der Waals surface area contributed by atoms with Gasteiger partial charge in [-0.05, 0) is 36.2 Å². The van der Waals surface area contributed by atoms with Crippen LogP contribution in [0.15, 0.2) is 72.0 Å². The second kappa shape index (κ2) is 12.2. The van der Waals surface area contributed by atoms with Gasteiger partial charge in [0, 0.05) is 58.6 Å². The van der Waals surface area contributed by atoms with E-state index in [1.54, 1.807) is 26.0 Å². The number of nitrogens with zero attached hydrogens (tertiary/aromatic N) is 5. The van der Waals surface area contributed by atoms with Crippen LogP contribution in [0.4, 0.5) is 0 Å². The molecule has 0 unspecified atom stereocenters. The lowest BCUT2D eigenvalue weighted by molar-refractivity contribution is 0.0827. The predicted molar refractivity (Wildman–Crippen MR) is 140 cm³/mol. The second-order valence-electron chi connectivity index (χ2n) is 7.61. The Hall–Kier alpha value is -2.88. The molecule has 1 heterocycles. The maximum Gasteiger partial charge on any atom is 0.253 e. The van der Waals surface area contributed by atoms with Crippen LogP contribution in [0, 0.1) is 0 Å². The van der Waals surface area contributed by atoms with Crippen LogP contribution in [0.1, 0.15) is 21.5 Å². The maximum absolute atomic E-state index is 12.2. The highest BCUT2D eigenvalue weighted by Crippen LogP contribution is 2.10. The Morgan fingerprint density at radius 1 is 1.06 bits per heavy atom. The van der Waals surface area contributed by atoms with E-state index in [0.29, 0.717) is 12.1 Å². The standard InChI is InChI=1S/C24H30N6O.HI/c1-25-24(26-14-13-19-9-8-10-21(15-19)23(31)28(2)3)29(4)17-20-16-27-30(18-20)22-11-6-5-7-12-22;/h5-12,15-16,18H,13-14,17H2,1-4H3,(H,25,26);1H. The van der Waals surface area contributed by atoms with Crippen LogP contribution in [0.5, 0.6) is 0 Å². The molecule has 0 saturated carbocycles. The number of guanidine groups is 1. The van der Waals surface area contributed by atoms with Crippen LogP contribution in [0.2, 0.25) is 0 Å². The first-order chi connectivity index (χ1) is 15.0. The first-order valence-electron chi connectivity index (χ1n) is 10.3. The van der Waals surface area contributed by atoms with Crippen molar-refractivity contribution in [3.63, 3.8) is 0 Å². The predicted octanol–water partition coefficient (Wildman–Crippen LogP) is 3.44. The monoisotopic (exact) mass is 546 g/mol. The van der Waals surface area contributed by atoms with Crippen LogP contribution < -0.4 is 5.32 Å². The van der Waals surface area contributed by atoms with Gasteiger partial charge in [0.05, 0.1) is 11.9 Å². The zero-order valence-electron chi connectivity index (χ0n) is 19.0. The van der Waals surface area contributed by atoms with Crippen molar-refractivity contribution in [2.24, 2.45) is 4.99 Å². The number of hydrogen-bond donors (Lipinski definition) is 1. The lowest BCUT2D eigenvalue weighted by Crippen LogP contribution is -2.39. The van der Waals surface area contributed by atoms with Crippen molar-refractivity contribution in [1.29, 1.82) is 0 Å². The quantitative estimate of drug-likeness (QED) is 0.280. The molecule has 0 aliphatic heterocycles. The Labute approximate surface area is 207 Å². The van der Waals surface area contributed by atoms with Gasteiger partial charge >= 0.3 is 0 Å². The van der Waals surface area contributed by atoms with Crippen molar-refractivity contribution >= 4 is 35.8 Å². The van der Waals surface area contributed by atoms with Crippen molar-refractivity contribution < 1.29 is 4.79 Å². The van der Waals surface area contributed by atoms with Crippen molar-refractivity contribution in [2.45, 2.75) is 13.0 Å². The lowest BCUT2D eigenvalue weighted by atomic mass is 10.1. The smallest absolute Gasteiger partial charge is 0.253 e. The topological polar surface area (TPSA) is 65.8 Å². The molecule has 0 radical (unpaired) electrons. The molecule has 8 heteroatoms. The number of rotatable bonds is 7. The van der Waals surface area contributed by atoms with Crippen LogP contribution in [0.3, 0.4) is 0 Å². The molecule has 1 N–H and O–H groups in total. The molecule has 3 rings (SSSR count). The number of halogens is 1. The SMILES string of the molecule is CN=C(NCCc1cccc(C(=O)N(C)C)c1)N(C)Cc1cnn(-c2ccccc2)c1.I. The number of carbonyl (C=O) groups excluding carboxylic acids is 1. The average Bonchev–Trinajstić information content (AvgIpc) is 3.25. The average molecular weight is 546 g/mol. The van der Waals surface area contributed by atoms with Crippen LogP contribution in [-0.4, -0.2) is 66.2 Å². The van der Waals surface area contributed by atoms with Crippen LogP contribution in [0.25, 0.3) is 5.69 Å². The highest BCUT2D eigenvalue weighted by atomic mass is 127. The van der Waals surface area contributed by atoms with Gasteiger partial charge in [0.2, 0.25) is 0 Å². The molecule has 3 aromatic rings. The Balaban J connectivity index is 0.00000363. The minimum atomic E-state index is 0. The summed E-state index contributed by atoms with van der Waals surface area (Å²) in [6, 6.07) is 17.8. The van der Waals surface area contributed by atoms with Gasteiger partial charge in [-0.2, -0.15) is 5.10 Å². The molecule has 170 valence electrons. The first-order valence-corrected chi connectivity index (χ1v) is 10.3. The highest BCUT2D eigenvalue weighted by molar-refractivity contribution is 14.0. The number of nitrogens with one attached hydrogen (secondary N) is 1. The third-order valence-electron chi connectivity index (χ3n) is 4.93. The van der Waals surface area contributed by atoms with Crippen LogP contribution >= 0.6 is 24.0 Å². The van der Waals surface area contributed by atoms with E-state index in [0.717, 1.165) is 35.7 Å². The molecule has 1 amide bonds. The number of para-hydroxylation sites is 1. The van der Waals surface area contributed by atoms with E-state index in [2.05, 4.69) is 20.3 Å². The molecule has 0 aliphatic rings. The summed E-state index contributed by atoms with van der Waals surface area (Å²) in [5.41, 5.74) is 3.96. The summed E-state index contributed by atoms with van der Waals surface area (Å²) in [5.74, 6) is 0.828. The van der Waals surface area contributed by atoms with Gasteiger partial charge < -0.3 is 15.1 Å². The van der Waals surface area contributed by atoms with E-state index in [1.165, 1.54) is 0 Å². The van der Waals surface area contributed by atoms with Crippen molar-refractivity contribution in [1.82, 2.24) is 24.9 Å². The lowest BCUT2D eigenvalue weighted by Gasteiger charge is -2.21. The van der Waals surface area contributed by atoms with E-state index < -0.39 is 0 Å². The first kappa shape index (κ1) is 25.4. The summed E-state index contributed by atoms with van der Waals surface area (Å²) in [6.07, 6.45) is 4.71. The van der Waals surface area contributed by atoms with Gasteiger partial charge in [-0.25, -0.2) is 4.68 Å². The summed E-state index contributed by atoms with van der Waals surface area (Å²) < 4.78 is 1.88. The minimum Gasteiger partial charge on any atom is -0.356 e. The van der Waals surface area contributed by atoms with Gasteiger partial charge in [-0.1, -0.05) is 30.3 Å². The number of benzene rings is 2. The molecule has 0 fully saturated rings. The zero-order valence-corrected chi connectivity index (χ0v) is 21.4. The van der Waals surface area contributed by atoms with E-state index in [1.807, 2.05) is 78.7 Å². The largest absolute Gasteiger partial charge is 0.356 e. The molecule has 0 aliphatic carbocycles. The molecule has 0 atom stereocenters. The van der Waals surface area contributed by atoms with E-state index in [4.69, 9.17) is 0 Å². The van der Waals surface area contributed by atoms with Crippen molar-refractivity contribution in [2.75, 3.05) is 34.7 Å². The fourth-order valence-corrected chi connectivity index (χ4v) is 3.33. The minimum absolute atomic E-state index is 0. The Kier molecular flexibility index (Phi) is 9.70. The number of aromatic nitrogens is 2. The zero-order chi connectivity index (χ0) is 22.2. The third kappa shape index (κ3) is 6.81. The van der Waals surface area contributed by atoms with Gasteiger partial charge in [0.15, 0.2) is 5.96 Å². The van der Waals surface area contributed by atoms with Gasteiger partial charge in [0.25, 0.3) is 5.91 Å². The summed E-state index contributed by atoms with van der Waals surface area (Å²) in [5, 5.41) is 7.86. The molecule has 0 saturated heterocycles. The van der Waals surface area contributed by atoms with Gasteiger partial charge in [-0.3, -0.25) is 9.79 Å². The second-order valence-corrected chi connectivity index (χ2v) is 7.61. The number of hydrogen-bond acceptors (Lipinski definition) is 3. The summed E-state index contributed by atoms with van der Waals surface area (Å²) >= 11 is 0. The van der Waals surface area contributed by atoms with Crippen molar-refractivity contribution in [3.8, 4) is 5.69 Å². The normalized spacial score (nSPS) is 10.9. The Morgan fingerprint density at radius 2 is 1.81 bits per heavy atom. The fraction of sp³-hybridized carbons (Fsp3) is 0.292. The van der Waals surface area contributed by atoms with Crippen LogP contribution in [-0.2, 0) is 13.0 Å². The highest BCUT2D eigenvalue weighted by Gasteiger charge is 2.10. The van der Waals surface area contributed by atoms with E-state index in [-0.39, 0.29) is 29.9 Å². The molecule has 7 nitrogen and oxygen atoms in total. The molecule has 32 heavy (non-hydrogen) atoms. The molecular weight excluding hydrogens is 515 g/mol. The number of carbonyl (C=O) groups is 1. The molecule has 0 bridgehead atoms. The van der Waals surface area contributed by atoms with Gasteiger partial charge in [-0.15, -0.1) is 24.0 Å². The molecule has 2 aromatic carbocycles.